The van der Waals surface area contributed by atoms with E-state index in [1.165, 1.54) is 6.08 Å². The van der Waals surface area contributed by atoms with Gasteiger partial charge in [-0.05, 0) is 37.3 Å². The second kappa shape index (κ2) is 5.05. The first kappa shape index (κ1) is 12.2. The molecule has 0 radical (unpaired) electrons. The smallest absolute Gasteiger partial charge is 0.250 e. The van der Waals surface area contributed by atoms with E-state index in [0.717, 1.165) is 16.8 Å². The van der Waals surface area contributed by atoms with Gasteiger partial charge in [0.15, 0.2) is 0 Å². The first-order valence-corrected chi connectivity index (χ1v) is 6.21. The minimum atomic E-state index is -0.266. The number of aromatic nitrogens is 2. The normalized spacial score (nSPS) is 11.2. The molecule has 0 fully saturated rings. The third-order valence-corrected chi connectivity index (χ3v) is 2.79. The molecular formula is C15H13N3O2. The zero-order valence-electron chi connectivity index (χ0n) is 10.9. The second-order valence-electron chi connectivity index (χ2n) is 4.37. The average Bonchev–Trinajstić information content (AvgIpc) is 3.01. The Kier molecular flexibility index (Phi) is 3.09. The summed E-state index contributed by atoms with van der Waals surface area (Å²) in [6.45, 7) is 1.85. The van der Waals surface area contributed by atoms with E-state index in [0.29, 0.717) is 11.7 Å². The quantitative estimate of drug-likeness (QED) is 0.716. The number of amides is 1. The summed E-state index contributed by atoms with van der Waals surface area (Å²) >= 11 is 0. The predicted molar refractivity (Wildman–Crippen MR) is 77.2 cm³/mol. The van der Waals surface area contributed by atoms with E-state index < -0.39 is 0 Å². The number of furan rings is 1. The van der Waals surface area contributed by atoms with Gasteiger partial charge in [-0.2, -0.15) is 0 Å². The summed E-state index contributed by atoms with van der Waals surface area (Å²) in [7, 11) is 0. The zero-order valence-corrected chi connectivity index (χ0v) is 10.9. The number of para-hydroxylation sites is 2. The fourth-order valence-electron chi connectivity index (χ4n) is 1.87. The molecule has 0 aliphatic rings. The van der Waals surface area contributed by atoms with Crippen molar-refractivity contribution in [1.29, 1.82) is 0 Å². The maximum Gasteiger partial charge on any atom is 0.250 e. The zero-order chi connectivity index (χ0) is 13.9. The van der Waals surface area contributed by atoms with Crippen LogP contribution in [0.1, 0.15) is 11.5 Å². The van der Waals surface area contributed by atoms with E-state index in [1.807, 2.05) is 37.3 Å². The van der Waals surface area contributed by atoms with Gasteiger partial charge in [-0.15, -0.1) is 0 Å². The monoisotopic (exact) mass is 267 g/mol. The number of aromatic amines is 1. The van der Waals surface area contributed by atoms with Gasteiger partial charge in [-0.25, -0.2) is 4.98 Å². The van der Waals surface area contributed by atoms with Crippen molar-refractivity contribution in [2.45, 2.75) is 6.92 Å². The van der Waals surface area contributed by atoms with Crippen LogP contribution in [-0.4, -0.2) is 15.9 Å². The molecule has 5 heteroatoms. The molecule has 0 spiro atoms. The minimum Gasteiger partial charge on any atom is -0.462 e. The summed E-state index contributed by atoms with van der Waals surface area (Å²) in [5.41, 5.74) is 1.70. The van der Waals surface area contributed by atoms with E-state index >= 15 is 0 Å². The lowest BCUT2D eigenvalue weighted by Crippen LogP contribution is -2.08. The van der Waals surface area contributed by atoms with Gasteiger partial charge in [0.25, 0.3) is 5.91 Å². The third kappa shape index (κ3) is 2.61. The van der Waals surface area contributed by atoms with Crippen molar-refractivity contribution in [3.8, 4) is 0 Å². The van der Waals surface area contributed by atoms with Crippen LogP contribution >= 0.6 is 0 Å². The maximum atomic E-state index is 11.8. The van der Waals surface area contributed by atoms with E-state index in [2.05, 4.69) is 15.3 Å². The minimum absolute atomic E-state index is 0.266. The Hall–Kier alpha value is -2.82. The number of nitrogens with zero attached hydrogens (tertiary/aromatic N) is 1. The lowest BCUT2D eigenvalue weighted by atomic mass is 10.3. The molecule has 5 nitrogen and oxygen atoms in total. The maximum absolute atomic E-state index is 11.8. The van der Waals surface area contributed by atoms with Crippen LogP contribution in [-0.2, 0) is 4.79 Å². The van der Waals surface area contributed by atoms with Crippen LogP contribution in [0.2, 0.25) is 0 Å². The van der Waals surface area contributed by atoms with Crippen LogP contribution in [0, 0.1) is 6.92 Å². The van der Waals surface area contributed by atoms with Gasteiger partial charge in [0.1, 0.15) is 11.5 Å². The van der Waals surface area contributed by atoms with Crippen molar-refractivity contribution in [1.82, 2.24) is 9.97 Å². The lowest BCUT2D eigenvalue weighted by Gasteiger charge is -1.95. The molecule has 1 amide bonds. The number of carbonyl (C=O) groups is 1. The first-order valence-electron chi connectivity index (χ1n) is 6.21. The Labute approximate surface area is 115 Å². The largest absolute Gasteiger partial charge is 0.462 e. The van der Waals surface area contributed by atoms with E-state index in [9.17, 15) is 4.79 Å². The van der Waals surface area contributed by atoms with Gasteiger partial charge in [0, 0.05) is 6.08 Å². The molecule has 100 valence electrons. The van der Waals surface area contributed by atoms with Crippen molar-refractivity contribution >= 4 is 29.0 Å². The van der Waals surface area contributed by atoms with Crippen LogP contribution in [0.3, 0.4) is 0 Å². The molecule has 2 N–H and O–H groups in total. The summed E-state index contributed by atoms with van der Waals surface area (Å²) in [4.78, 5) is 19.1. The molecule has 20 heavy (non-hydrogen) atoms. The van der Waals surface area contributed by atoms with Crippen LogP contribution < -0.4 is 5.32 Å². The molecule has 1 aromatic carbocycles. The van der Waals surface area contributed by atoms with E-state index in [-0.39, 0.29) is 5.91 Å². The molecule has 0 saturated carbocycles. The number of hydrogen-bond donors (Lipinski definition) is 2. The Balaban J connectivity index is 1.70. The van der Waals surface area contributed by atoms with Crippen molar-refractivity contribution in [2.75, 3.05) is 5.32 Å². The number of anilines is 1. The Bertz CT molecular complexity index is 750. The Morgan fingerprint density at radius 2 is 2.15 bits per heavy atom. The number of H-pyrrole nitrogens is 1. The third-order valence-electron chi connectivity index (χ3n) is 2.79. The van der Waals surface area contributed by atoms with Crippen molar-refractivity contribution in [3.05, 3.63) is 54.0 Å². The van der Waals surface area contributed by atoms with Crippen LogP contribution in [0.4, 0.5) is 5.95 Å². The summed E-state index contributed by atoms with van der Waals surface area (Å²) in [6.07, 6.45) is 3.02. The number of hydrogen-bond acceptors (Lipinski definition) is 3. The van der Waals surface area contributed by atoms with Crippen molar-refractivity contribution < 1.29 is 9.21 Å². The van der Waals surface area contributed by atoms with Crippen molar-refractivity contribution in [2.24, 2.45) is 0 Å². The highest BCUT2D eigenvalue weighted by Gasteiger charge is 2.04. The molecule has 0 aliphatic carbocycles. The number of aryl methyl sites for hydroxylation is 1. The highest BCUT2D eigenvalue weighted by molar-refractivity contribution is 6.01. The molecule has 2 heterocycles. The van der Waals surface area contributed by atoms with Gasteiger partial charge in [0.05, 0.1) is 11.0 Å². The highest BCUT2D eigenvalue weighted by Crippen LogP contribution is 2.13. The number of nitrogens with one attached hydrogen (secondary N) is 2. The number of imidazole rings is 1. The van der Waals surface area contributed by atoms with Gasteiger partial charge in [-0.1, -0.05) is 12.1 Å². The molecule has 0 atom stereocenters. The molecule has 0 aliphatic heterocycles. The second-order valence-corrected chi connectivity index (χ2v) is 4.37. The van der Waals surface area contributed by atoms with Gasteiger partial charge < -0.3 is 9.40 Å². The van der Waals surface area contributed by atoms with E-state index in [4.69, 9.17) is 4.42 Å². The number of carbonyl (C=O) groups excluding carboxylic acids is 1. The summed E-state index contributed by atoms with van der Waals surface area (Å²) in [6, 6.07) is 11.2. The molecule has 3 rings (SSSR count). The number of fused-ring (bicyclic) bond motifs is 1. The Morgan fingerprint density at radius 3 is 2.90 bits per heavy atom. The van der Waals surface area contributed by atoms with E-state index in [1.54, 1.807) is 12.1 Å². The van der Waals surface area contributed by atoms with Gasteiger partial charge >= 0.3 is 0 Å². The average molecular weight is 267 g/mol. The fourth-order valence-corrected chi connectivity index (χ4v) is 1.87. The SMILES string of the molecule is Cc1ccc(C=CC(=O)Nc2nc3ccccc3[nH]2)o1. The predicted octanol–water partition coefficient (Wildman–Crippen LogP) is 3.12. The standard InChI is InChI=1S/C15H13N3O2/c1-10-6-7-11(20-10)8-9-14(19)18-15-16-12-4-2-3-5-13(12)17-15/h2-9H,1H3,(H2,16,17,18,19). The number of benzene rings is 1. The van der Waals surface area contributed by atoms with Crippen molar-refractivity contribution in [3.63, 3.8) is 0 Å². The summed E-state index contributed by atoms with van der Waals surface area (Å²) < 4.78 is 5.34. The number of rotatable bonds is 3. The van der Waals surface area contributed by atoms with Crippen LogP contribution in [0.5, 0.6) is 0 Å². The molecule has 0 saturated heterocycles. The lowest BCUT2D eigenvalue weighted by molar-refractivity contribution is -0.111. The van der Waals surface area contributed by atoms with Gasteiger partial charge in [-0.3, -0.25) is 10.1 Å². The molecule has 0 bridgehead atoms. The molecule has 0 unspecified atom stereocenters. The topological polar surface area (TPSA) is 70.9 Å². The summed E-state index contributed by atoms with van der Waals surface area (Å²) in [5, 5.41) is 2.67. The van der Waals surface area contributed by atoms with Gasteiger partial charge in [0.2, 0.25) is 5.95 Å². The first-order chi connectivity index (χ1) is 9.70. The van der Waals surface area contributed by atoms with Crippen LogP contribution in [0.25, 0.3) is 17.1 Å². The highest BCUT2D eigenvalue weighted by atomic mass is 16.3. The molecular weight excluding hydrogens is 254 g/mol. The Morgan fingerprint density at radius 1 is 1.30 bits per heavy atom. The summed E-state index contributed by atoms with van der Waals surface area (Å²) in [5.74, 6) is 1.61. The molecule has 2 aromatic heterocycles. The fraction of sp³-hybridized carbons (Fsp3) is 0.0667. The van der Waals surface area contributed by atoms with Crippen LogP contribution in [0.15, 0.2) is 46.9 Å². The molecule has 3 aromatic rings.